The number of hydrogen-bond donors (Lipinski definition) is 1. The van der Waals surface area contributed by atoms with Crippen LogP contribution in [0.5, 0.6) is 5.75 Å². The molecule has 2 rings (SSSR count). The third kappa shape index (κ3) is 2.78. The summed E-state index contributed by atoms with van der Waals surface area (Å²) in [4.78, 5) is 1.18. The van der Waals surface area contributed by atoms with Gasteiger partial charge in [0.05, 0.1) is 6.10 Å². The lowest BCUT2D eigenvalue weighted by molar-refractivity contribution is 0.00334. The Bertz CT molecular complexity index is 363. The van der Waals surface area contributed by atoms with Gasteiger partial charge in [-0.05, 0) is 18.1 Å². The lowest BCUT2D eigenvalue weighted by atomic mass is 9.93. The molecule has 2 atom stereocenters. The fraction of sp³-hybridized carbons (Fsp3) is 0.571. The van der Waals surface area contributed by atoms with Gasteiger partial charge in [-0.25, -0.2) is 0 Å². The first-order valence-electron chi connectivity index (χ1n) is 6.32. The molecule has 1 aromatic carbocycles. The Balaban J connectivity index is 2.07. The Labute approximate surface area is 107 Å². The Hall–Kier alpha value is -0.670. The van der Waals surface area contributed by atoms with Crippen molar-refractivity contribution in [1.82, 2.24) is 0 Å². The Kier molecular flexibility index (Phi) is 4.35. The molecule has 0 radical (unpaired) electrons. The van der Waals surface area contributed by atoms with Crippen LogP contribution in [0.3, 0.4) is 0 Å². The minimum atomic E-state index is -0.356. The van der Waals surface area contributed by atoms with E-state index in [-0.39, 0.29) is 12.2 Å². The summed E-state index contributed by atoms with van der Waals surface area (Å²) in [5.74, 6) is 2.10. The second-order valence-electron chi connectivity index (χ2n) is 4.48. The van der Waals surface area contributed by atoms with Crippen LogP contribution in [0.15, 0.2) is 29.2 Å². The largest absolute Gasteiger partial charge is 0.486 e. The van der Waals surface area contributed by atoms with Gasteiger partial charge in [0.15, 0.2) is 0 Å². The molecule has 3 heteroatoms. The van der Waals surface area contributed by atoms with E-state index in [0.29, 0.717) is 5.92 Å². The molecule has 0 aromatic heterocycles. The van der Waals surface area contributed by atoms with Gasteiger partial charge in [-0.15, -0.1) is 11.8 Å². The summed E-state index contributed by atoms with van der Waals surface area (Å²) in [5.41, 5.74) is 0. The highest BCUT2D eigenvalue weighted by Crippen LogP contribution is 2.37. The maximum atomic E-state index is 10.3. The monoisotopic (exact) mass is 252 g/mol. The number of benzene rings is 1. The molecule has 17 heavy (non-hydrogen) atoms. The summed E-state index contributed by atoms with van der Waals surface area (Å²) in [6, 6.07) is 8.05. The topological polar surface area (TPSA) is 29.5 Å². The first kappa shape index (κ1) is 12.8. The number of fused-ring (bicyclic) bond motifs is 1. The van der Waals surface area contributed by atoms with Crippen molar-refractivity contribution >= 4 is 11.8 Å². The minimum Gasteiger partial charge on any atom is -0.486 e. The van der Waals surface area contributed by atoms with E-state index in [1.807, 2.05) is 18.2 Å². The van der Waals surface area contributed by atoms with Gasteiger partial charge in [0, 0.05) is 10.6 Å². The number of para-hydroxylation sites is 1. The lowest BCUT2D eigenvalue weighted by Crippen LogP contribution is -2.40. The van der Waals surface area contributed by atoms with Crippen LogP contribution in [0.1, 0.15) is 26.7 Å². The van der Waals surface area contributed by atoms with Crippen molar-refractivity contribution < 1.29 is 9.84 Å². The van der Waals surface area contributed by atoms with Crippen molar-refractivity contribution in [3.8, 4) is 5.75 Å². The highest BCUT2D eigenvalue weighted by atomic mass is 32.2. The molecule has 0 spiro atoms. The van der Waals surface area contributed by atoms with Crippen molar-refractivity contribution in [1.29, 1.82) is 0 Å². The summed E-state index contributed by atoms with van der Waals surface area (Å²) in [5, 5.41) is 10.3. The van der Waals surface area contributed by atoms with Crippen LogP contribution in [0.25, 0.3) is 0 Å². The normalized spacial score (nSPS) is 20.8. The maximum absolute atomic E-state index is 10.3. The standard InChI is InChI=1S/C14H20O2S/c1-3-10(4-2)14(15)12-9-17-13-8-6-5-7-11(13)16-12/h5-8,10,12,14-15H,3-4,9H2,1-2H3. The van der Waals surface area contributed by atoms with E-state index in [0.717, 1.165) is 24.3 Å². The highest BCUT2D eigenvalue weighted by Gasteiger charge is 2.30. The zero-order valence-corrected chi connectivity index (χ0v) is 11.2. The average Bonchev–Trinajstić information content (AvgIpc) is 2.39. The summed E-state index contributed by atoms with van der Waals surface area (Å²) in [7, 11) is 0. The Morgan fingerprint density at radius 3 is 2.76 bits per heavy atom. The Morgan fingerprint density at radius 1 is 1.35 bits per heavy atom. The number of ether oxygens (including phenoxy) is 1. The molecule has 0 aliphatic carbocycles. The number of hydrogen-bond acceptors (Lipinski definition) is 3. The van der Waals surface area contributed by atoms with E-state index < -0.39 is 0 Å². The maximum Gasteiger partial charge on any atom is 0.134 e. The smallest absolute Gasteiger partial charge is 0.134 e. The molecule has 1 N–H and O–H groups in total. The van der Waals surface area contributed by atoms with E-state index in [9.17, 15) is 5.11 Å². The molecule has 2 unspecified atom stereocenters. The van der Waals surface area contributed by atoms with Crippen LogP contribution in [-0.2, 0) is 0 Å². The number of thioether (sulfide) groups is 1. The van der Waals surface area contributed by atoms with E-state index in [2.05, 4.69) is 19.9 Å². The Morgan fingerprint density at radius 2 is 2.06 bits per heavy atom. The van der Waals surface area contributed by atoms with Crippen molar-refractivity contribution in [2.75, 3.05) is 5.75 Å². The van der Waals surface area contributed by atoms with Crippen LogP contribution in [0, 0.1) is 5.92 Å². The van der Waals surface area contributed by atoms with Gasteiger partial charge in [0.1, 0.15) is 11.9 Å². The average molecular weight is 252 g/mol. The summed E-state index contributed by atoms with van der Waals surface area (Å²) in [6.07, 6.45) is 1.58. The number of rotatable bonds is 4. The summed E-state index contributed by atoms with van der Waals surface area (Å²) in [6.45, 7) is 4.25. The fourth-order valence-corrected chi connectivity index (χ4v) is 3.32. The van der Waals surface area contributed by atoms with Crippen LogP contribution in [0.4, 0.5) is 0 Å². The van der Waals surface area contributed by atoms with Crippen molar-refractivity contribution in [3.05, 3.63) is 24.3 Å². The summed E-state index contributed by atoms with van der Waals surface area (Å²) >= 11 is 1.78. The predicted octanol–water partition coefficient (Wildman–Crippen LogP) is 3.34. The van der Waals surface area contributed by atoms with E-state index in [1.54, 1.807) is 11.8 Å². The van der Waals surface area contributed by atoms with Crippen molar-refractivity contribution in [2.45, 2.75) is 43.8 Å². The second-order valence-corrected chi connectivity index (χ2v) is 5.54. The zero-order valence-electron chi connectivity index (χ0n) is 10.4. The SMILES string of the molecule is CCC(CC)C(O)C1CSc2ccccc2O1. The van der Waals surface area contributed by atoms with Crippen molar-refractivity contribution in [2.24, 2.45) is 5.92 Å². The number of aliphatic hydroxyl groups is 1. The molecule has 1 aliphatic heterocycles. The van der Waals surface area contributed by atoms with E-state index >= 15 is 0 Å². The molecule has 1 heterocycles. The third-order valence-electron chi connectivity index (χ3n) is 3.44. The molecule has 0 saturated carbocycles. The zero-order chi connectivity index (χ0) is 12.3. The fourth-order valence-electron chi connectivity index (χ4n) is 2.28. The minimum absolute atomic E-state index is 0.0696. The van der Waals surface area contributed by atoms with Crippen LogP contribution in [0.2, 0.25) is 0 Å². The van der Waals surface area contributed by atoms with Crippen molar-refractivity contribution in [3.63, 3.8) is 0 Å². The summed E-state index contributed by atoms with van der Waals surface area (Å²) < 4.78 is 5.91. The molecule has 2 nitrogen and oxygen atoms in total. The molecule has 94 valence electrons. The van der Waals surface area contributed by atoms with Gasteiger partial charge in [0.25, 0.3) is 0 Å². The quantitative estimate of drug-likeness (QED) is 0.891. The molecule has 0 amide bonds. The third-order valence-corrected chi connectivity index (χ3v) is 4.59. The predicted molar refractivity (Wildman–Crippen MR) is 71.7 cm³/mol. The molecule has 1 aliphatic rings. The second kappa shape index (κ2) is 5.78. The van der Waals surface area contributed by atoms with Gasteiger partial charge in [-0.1, -0.05) is 38.8 Å². The molecule has 1 aromatic rings. The van der Waals surface area contributed by atoms with E-state index in [4.69, 9.17) is 4.74 Å². The highest BCUT2D eigenvalue weighted by molar-refractivity contribution is 7.99. The molecule has 0 saturated heterocycles. The molecule has 0 fully saturated rings. The number of aliphatic hydroxyl groups excluding tert-OH is 1. The van der Waals surface area contributed by atoms with Gasteiger partial charge in [-0.2, -0.15) is 0 Å². The molecular formula is C14H20O2S. The molecule has 0 bridgehead atoms. The van der Waals surface area contributed by atoms with Crippen LogP contribution < -0.4 is 4.74 Å². The van der Waals surface area contributed by atoms with Gasteiger partial charge < -0.3 is 9.84 Å². The van der Waals surface area contributed by atoms with Crippen LogP contribution in [-0.4, -0.2) is 23.1 Å². The van der Waals surface area contributed by atoms with Gasteiger partial charge >= 0.3 is 0 Å². The van der Waals surface area contributed by atoms with Crippen LogP contribution >= 0.6 is 11.8 Å². The van der Waals surface area contributed by atoms with E-state index in [1.165, 1.54) is 4.90 Å². The van der Waals surface area contributed by atoms with Gasteiger partial charge in [-0.3, -0.25) is 0 Å². The first-order chi connectivity index (χ1) is 8.26. The molecular weight excluding hydrogens is 232 g/mol. The first-order valence-corrected chi connectivity index (χ1v) is 7.31. The van der Waals surface area contributed by atoms with Gasteiger partial charge in [0.2, 0.25) is 0 Å². The lowest BCUT2D eigenvalue weighted by Gasteiger charge is -2.32.